The minimum atomic E-state index is -0.0812. The van der Waals surface area contributed by atoms with Crippen molar-refractivity contribution in [1.29, 1.82) is 0 Å². The Kier molecular flexibility index (Phi) is 4.57. The number of nitrogens with one attached hydrogen (secondary N) is 1. The highest BCUT2D eigenvalue weighted by atomic mass is 16.2. The van der Waals surface area contributed by atoms with Gasteiger partial charge in [-0.25, -0.2) is 0 Å². The zero-order valence-corrected chi connectivity index (χ0v) is 13.3. The lowest BCUT2D eigenvalue weighted by atomic mass is 10.1. The third-order valence-electron chi connectivity index (χ3n) is 4.21. The van der Waals surface area contributed by atoms with Crippen molar-refractivity contribution < 1.29 is 4.79 Å². The van der Waals surface area contributed by atoms with Crippen molar-refractivity contribution in [3.05, 3.63) is 69.6 Å². The molecule has 0 radical (unpaired) electrons. The predicted octanol–water partition coefficient (Wildman–Crippen LogP) is 1.64. The van der Waals surface area contributed by atoms with E-state index in [0.717, 1.165) is 49.4 Å². The average Bonchev–Trinajstić information content (AvgIpc) is 2.58. The van der Waals surface area contributed by atoms with Crippen molar-refractivity contribution in [2.24, 2.45) is 0 Å². The summed E-state index contributed by atoms with van der Waals surface area (Å²) in [5, 5.41) is 0. The summed E-state index contributed by atoms with van der Waals surface area (Å²) in [5.41, 5.74) is 2.92. The molecule has 1 aromatic heterocycles. The zero-order valence-electron chi connectivity index (χ0n) is 13.3. The second-order valence-corrected chi connectivity index (χ2v) is 6.00. The molecule has 0 aliphatic carbocycles. The Bertz CT molecular complexity index is 708. The van der Waals surface area contributed by atoms with Gasteiger partial charge in [-0.1, -0.05) is 23.8 Å². The molecular weight excluding hydrogens is 290 g/mol. The highest BCUT2D eigenvalue weighted by molar-refractivity contribution is 5.94. The van der Waals surface area contributed by atoms with Gasteiger partial charge in [-0.2, -0.15) is 0 Å². The van der Waals surface area contributed by atoms with Gasteiger partial charge in [-0.05, 0) is 24.6 Å². The van der Waals surface area contributed by atoms with Gasteiger partial charge < -0.3 is 9.88 Å². The van der Waals surface area contributed by atoms with Gasteiger partial charge in [-0.15, -0.1) is 0 Å². The van der Waals surface area contributed by atoms with E-state index in [1.54, 1.807) is 12.3 Å². The van der Waals surface area contributed by atoms with E-state index < -0.39 is 0 Å². The lowest BCUT2D eigenvalue weighted by Crippen LogP contribution is -2.48. The Hall–Kier alpha value is -2.40. The van der Waals surface area contributed by atoms with Gasteiger partial charge in [0.1, 0.15) is 0 Å². The Balaban J connectivity index is 1.55. The van der Waals surface area contributed by atoms with Gasteiger partial charge in [-0.3, -0.25) is 14.5 Å². The molecule has 5 nitrogen and oxygen atoms in total. The number of rotatable bonds is 3. The molecule has 2 aromatic rings. The van der Waals surface area contributed by atoms with Gasteiger partial charge in [0.2, 0.25) is 5.56 Å². The summed E-state index contributed by atoms with van der Waals surface area (Å²) in [6.45, 7) is 5.97. The van der Waals surface area contributed by atoms with Crippen LogP contribution in [0.1, 0.15) is 21.5 Å². The van der Waals surface area contributed by atoms with Crippen LogP contribution in [0.2, 0.25) is 0 Å². The molecule has 1 N–H and O–H groups in total. The van der Waals surface area contributed by atoms with E-state index in [-0.39, 0.29) is 11.5 Å². The first kappa shape index (κ1) is 15.5. The monoisotopic (exact) mass is 311 g/mol. The average molecular weight is 311 g/mol. The number of carbonyl (C=O) groups excluding carboxylic acids is 1. The van der Waals surface area contributed by atoms with E-state index in [1.165, 1.54) is 0 Å². The number of amides is 1. The summed E-state index contributed by atoms with van der Waals surface area (Å²) in [6.07, 6.45) is 1.76. The maximum absolute atomic E-state index is 12.5. The van der Waals surface area contributed by atoms with Crippen LogP contribution in [-0.2, 0) is 6.54 Å². The van der Waals surface area contributed by atoms with Crippen LogP contribution >= 0.6 is 0 Å². The van der Waals surface area contributed by atoms with E-state index in [1.807, 2.05) is 42.2 Å². The second kappa shape index (κ2) is 6.79. The van der Waals surface area contributed by atoms with E-state index in [4.69, 9.17) is 0 Å². The lowest BCUT2D eigenvalue weighted by molar-refractivity contribution is 0.0628. The molecule has 1 amide bonds. The molecule has 0 saturated carbocycles. The Labute approximate surface area is 135 Å². The van der Waals surface area contributed by atoms with E-state index in [9.17, 15) is 9.59 Å². The first-order valence-electron chi connectivity index (χ1n) is 7.88. The molecule has 0 atom stereocenters. The topological polar surface area (TPSA) is 56.4 Å². The molecule has 1 aliphatic rings. The Morgan fingerprint density at radius 2 is 1.74 bits per heavy atom. The molecule has 3 rings (SSSR count). The van der Waals surface area contributed by atoms with Crippen molar-refractivity contribution in [2.75, 3.05) is 26.2 Å². The van der Waals surface area contributed by atoms with Crippen LogP contribution in [-0.4, -0.2) is 46.9 Å². The number of pyridine rings is 1. The van der Waals surface area contributed by atoms with Gasteiger partial charge in [0.15, 0.2) is 0 Å². The fourth-order valence-electron chi connectivity index (χ4n) is 2.79. The molecule has 0 spiro atoms. The SMILES string of the molecule is Cc1ccc(C(=O)N2CCN(Cc3ccc(=O)[nH]c3)CC2)cc1. The number of nitrogens with zero attached hydrogens (tertiary/aromatic N) is 2. The Morgan fingerprint density at radius 3 is 2.35 bits per heavy atom. The summed E-state index contributed by atoms with van der Waals surface area (Å²) in [5.74, 6) is 0.105. The van der Waals surface area contributed by atoms with E-state index in [0.29, 0.717) is 0 Å². The summed E-state index contributed by atoms with van der Waals surface area (Å²) in [4.78, 5) is 30.5. The maximum atomic E-state index is 12.5. The number of aromatic amines is 1. The largest absolute Gasteiger partial charge is 0.336 e. The highest BCUT2D eigenvalue weighted by Crippen LogP contribution is 2.11. The fourth-order valence-corrected chi connectivity index (χ4v) is 2.79. The summed E-state index contributed by atoms with van der Waals surface area (Å²) >= 11 is 0. The molecule has 1 aromatic carbocycles. The molecule has 23 heavy (non-hydrogen) atoms. The standard InChI is InChI=1S/C18H21N3O2/c1-14-2-5-16(6-3-14)18(23)21-10-8-20(9-11-21)13-15-4-7-17(22)19-12-15/h2-7,12H,8-11,13H2,1H3,(H,19,22). The number of carbonyl (C=O) groups is 1. The summed E-state index contributed by atoms with van der Waals surface area (Å²) < 4.78 is 0. The first-order valence-corrected chi connectivity index (χ1v) is 7.88. The first-order chi connectivity index (χ1) is 11.1. The van der Waals surface area contributed by atoms with Crippen molar-refractivity contribution in [3.8, 4) is 0 Å². The molecule has 120 valence electrons. The fraction of sp³-hybridized carbons (Fsp3) is 0.333. The molecule has 0 bridgehead atoms. The van der Waals surface area contributed by atoms with Crippen molar-refractivity contribution in [2.45, 2.75) is 13.5 Å². The van der Waals surface area contributed by atoms with Gasteiger partial charge in [0, 0.05) is 50.6 Å². The third-order valence-corrected chi connectivity index (χ3v) is 4.21. The second-order valence-electron chi connectivity index (χ2n) is 6.00. The zero-order chi connectivity index (χ0) is 16.2. The maximum Gasteiger partial charge on any atom is 0.253 e. The minimum absolute atomic E-state index is 0.0812. The summed E-state index contributed by atoms with van der Waals surface area (Å²) in [7, 11) is 0. The molecule has 5 heteroatoms. The minimum Gasteiger partial charge on any atom is -0.336 e. The van der Waals surface area contributed by atoms with Crippen LogP contribution < -0.4 is 5.56 Å². The third kappa shape index (κ3) is 3.87. The van der Waals surface area contributed by atoms with Crippen molar-refractivity contribution in [1.82, 2.24) is 14.8 Å². The molecule has 2 heterocycles. The van der Waals surface area contributed by atoms with Gasteiger partial charge in [0.05, 0.1) is 0 Å². The van der Waals surface area contributed by atoms with Crippen LogP contribution in [0.15, 0.2) is 47.4 Å². The van der Waals surface area contributed by atoms with Crippen LogP contribution in [0, 0.1) is 6.92 Å². The predicted molar refractivity (Wildman–Crippen MR) is 89.4 cm³/mol. The van der Waals surface area contributed by atoms with Crippen LogP contribution in [0.4, 0.5) is 0 Å². The number of hydrogen-bond acceptors (Lipinski definition) is 3. The number of aryl methyl sites for hydroxylation is 1. The lowest BCUT2D eigenvalue weighted by Gasteiger charge is -2.34. The molecule has 0 unspecified atom stereocenters. The molecule has 1 fully saturated rings. The van der Waals surface area contributed by atoms with Crippen LogP contribution in [0.25, 0.3) is 0 Å². The normalized spacial score (nSPS) is 15.6. The van der Waals surface area contributed by atoms with Crippen LogP contribution in [0.3, 0.4) is 0 Å². The molecule has 1 saturated heterocycles. The number of aromatic nitrogens is 1. The Morgan fingerprint density at radius 1 is 1.04 bits per heavy atom. The number of piperazine rings is 1. The number of hydrogen-bond donors (Lipinski definition) is 1. The molecular formula is C18H21N3O2. The quantitative estimate of drug-likeness (QED) is 0.937. The van der Waals surface area contributed by atoms with Gasteiger partial charge in [0.25, 0.3) is 5.91 Å². The summed E-state index contributed by atoms with van der Waals surface area (Å²) in [6, 6.07) is 11.1. The van der Waals surface area contributed by atoms with E-state index in [2.05, 4.69) is 9.88 Å². The number of H-pyrrole nitrogens is 1. The van der Waals surface area contributed by atoms with Crippen molar-refractivity contribution >= 4 is 5.91 Å². The van der Waals surface area contributed by atoms with Gasteiger partial charge >= 0.3 is 0 Å². The number of benzene rings is 1. The smallest absolute Gasteiger partial charge is 0.253 e. The van der Waals surface area contributed by atoms with E-state index >= 15 is 0 Å². The molecule has 1 aliphatic heterocycles. The highest BCUT2D eigenvalue weighted by Gasteiger charge is 2.22. The van der Waals surface area contributed by atoms with Crippen LogP contribution in [0.5, 0.6) is 0 Å². The van der Waals surface area contributed by atoms with Crippen molar-refractivity contribution in [3.63, 3.8) is 0 Å².